The van der Waals surface area contributed by atoms with Gasteiger partial charge in [-0.2, -0.15) is 0 Å². The summed E-state index contributed by atoms with van der Waals surface area (Å²) < 4.78 is 18.4. The third-order valence-corrected chi connectivity index (χ3v) is 3.02. The molecular weight excluding hydrogens is 289 g/mol. The van der Waals surface area contributed by atoms with Crippen molar-refractivity contribution in [3.05, 3.63) is 29.7 Å². The van der Waals surface area contributed by atoms with Crippen molar-refractivity contribution in [3.8, 4) is 0 Å². The molecule has 1 heterocycles. The van der Waals surface area contributed by atoms with E-state index >= 15 is 0 Å². The van der Waals surface area contributed by atoms with Gasteiger partial charge in [-0.15, -0.1) is 0 Å². The van der Waals surface area contributed by atoms with E-state index in [1.54, 1.807) is 6.92 Å². The van der Waals surface area contributed by atoms with Gasteiger partial charge in [-0.05, 0) is 25.1 Å². The quantitative estimate of drug-likeness (QED) is 0.707. The van der Waals surface area contributed by atoms with E-state index in [9.17, 15) is 14.0 Å². The molecule has 0 aliphatic heterocycles. The highest BCUT2D eigenvalue weighted by Gasteiger charge is 2.21. The maximum Gasteiger partial charge on any atom is 0.356 e. The van der Waals surface area contributed by atoms with Crippen LogP contribution in [0.15, 0.2) is 18.2 Å². The summed E-state index contributed by atoms with van der Waals surface area (Å²) in [5, 5.41) is 3.11. The summed E-state index contributed by atoms with van der Waals surface area (Å²) in [6, 6.07) is 4.07. The zero-order valence-corrected chi connectivity index (χ0v) is 12.7. The molecule has 1 aromatic heterocycles. The number of esters is 1. The largest absolute Gasteiger partial charge is 0.461 e. The molecule has 6 nitrogen and oxygen atoms in total. The number of aromatic nitrogens is 1. The molecule has 2 aromatic rings. The number of hydrogen-bond acceptors (Lipinski definition) is 3. The lowest BCUT2D eigenvalue weighted by Crippen LogP contribution is -3.06. The fourth-order valence-corrected chi connectivity index (χ4v) is 2.16. The standard InChI is InChI=1S/C15H18FN3O3/c1-4-22-15(21)14-13(18-12(20)8-19(2)3)10-7-9(16)5-6-11(10)17-14/h5-7,17H,4,8H2,1-3H3,(H,18,20)/p+1. The number of amides is 1. The van der Waals surface area contributed by atoms with Gasteiger partial charge in [0.15, 0.2) is 6.54 Å². The summed E-state index contributed by atoms with van der Waals surface area (Å²) >= 11 is 0. The second-order valence-electron chi connectivity index (χ2n) is 5.22. The van der Waals surface area contributed by atoms with Crippen LogP contribution in [0.25, 0.3) is 10.9 Å². The predicted molar refractivity (Wildman–Crippen MR) is 80.5 cm³/mol. The number of anilines is 1. The number of H-pyrrole nitrogens is 1. The number of carbonyl (C=O) groups excluding carboxylic acids is 2. The molecule has 0 bridgehead atoms. The Kier molecular flexibility index (Phi) is 4.77. The molecule has 118 valence electrons. The number of aromatic amines is 1. The molecule has 0 saturated heterocycles. The lowest BCUT2D eigenvalue weighted by molar-refractivity contribution is -0.849. The third-order valence-electron chi connectivity index (χ3n) is 3.02. The molecule has 22 heavy (non-hydrogen) atoms. The molecule has 1 aromatic carbocycles. The van der Waals surface area contributed by atoms with Crippen molar-refractivity contribution in [3.63, 3.8) is 0 Å². The summed E-state index contributed by atoms with van der Waals surface area (Å²) in [7, 11) is 3.67. The van der Waals surface area contributed by atoms with Crippen LogP contribution in [-0.2, 0) is 9.53 Å². The van der Waals surface area contributed by atoms with Crippen molar-refractivity contribution < 1.29 is 23.6 Å². The van der Waals surface area contributed by atoms with Crippen LogP contribution in [0.2, 0.25) is 0 Å². The first-order valence-corrected chi connectivity index (χ1v) is 6.99. The van der Waals surface area contributed by atoms with Gasteiger partial charge in [-0.25, -0.2) is 9.18 Å². The molecule has 0 aliphatic carbocycles. The fraction of sp³-hybridized carbons (Fsp3) is 0.333. The van der Waals surface area contributed by atoms with E-state index in [4.69, 9.17) is 4.74 Å². The summed E-state index contributed by atoms with van der Waals surface area (Å²) in [6.07, 6.45) is 0. The lowest BCUT2D eigenvalue weighted by atomic mass is 10.2. The Morgan fingerprint density at radius 1 is 1.36 bits per heavy atom. The van der Waals surface area contributed by atoms with Crippen LogP contribution in [0.5, 0.6) is 0 Å². The van der Waals surface area contributed by atoms with Crippen molar-refractivity contribution in [2.24, 2.45) is 0 Å². The number of halogens is 1. The van der Waals surface area contributed by atoms with Gasteiger partial charge in [0, 0.05) is 10.9 Å². The normalized spacial score (nSPS) is 11.0. The van der Waals surface area contributed by atoms with Gasteiger partial charge in [0.2, 0.25) is 0 Å². The summed E-state index contributed by atoms with van der Waals surface area (Å²) in [4.78, 5) is 27.8. The zero-order chi connectivity index (χ0) is 16.3. The average Bonchev–Trinajstić information content (AvgIpc) is 2.76. The Balaban J connectivity index is 2.46. The Hall–Kier alpha value is -2.41. The van der Waals surface area contributed by atoms with Gasteiger partial charge in [0.25, 0.3) is 5.91 Å². The SMILES string of the molecule is CCOC(=O)c1[nH]c2ccc(F)cc2c1NC(=O)C[NH+](C)C. The van der Waals surface area contributed by atoms with Crippen molar-refractivity contribution >= 4 is 28.5 Å². The highest BCUT2D eigenvalue weighted by Crippen LogP contribution is 2.29. The van der Waals surface area contributed by atoms with Gasteiger partial charge in [-0.3, -0.25) is 4.79 Å². The number of hydrogen-bond donors (Lipinski definition) is 3. The number of fused-ring (bicyclic) bond motifs is 1. The van der Waals surface area contributed by atoms with Crippen LogP contribution in [0.3, 0.4) is 0 Å². The Labute approximate surface area is 127 Å². The van der Waals surface area contributed by atoms with E-state index in [2.05, 4.69) is 10.3 Å². The maximum absolute atomic E-state index is 13.5. The summed E-state index contributed by atoms with van der Waals surface area (Å²) in [5.74, 6) is -1.31. The molecule has 1 amide bonds. The molecule has 0 spiro atoms. The van der Waals surface area contributed by atoms with Crippen molar-refractivity contribution in [2.45, 2.75) is 6.92 Å². The highest BCUT2D eigenvalue weighted by atomic mass is 19.1. The summed E-state index contributed by atoms with van der Waals surface area (Å²) in [6.45, 7) is 2.12. The minimum absolute atomic E-state index is 0.115. The number of carbonyl (C=O) groups is 2. The smallest absolute Gasteiger partial charge is 0.356 e. The number of nitrogens with one attached hydrogen (secondary N) is 3. The molecule has 0 aliphatic rings. The summed E-state index contributed by atoms with van der Waals surface area (Å²) in [5.41, 5.74) is 0.917. The van der Waals surface area contributed by atoms with Gasteiger partial charge in [0.05, 0.1) is 26.4 Å². The molecule has 2 rings (SSSR count). The van der Waals surface area contributed by atoms with Crippen LogP contribution in [0, 0.1) is 5.82 Å². The van der Waals surface area contributed by atoms with E-state index in [0.717, 1.165) is 4.90 Å². The number of likely N-dealkylation sites (N-methyl/N-ethyl adjacent to an activating group) is 1. The predicted octanol–water partition coefficient (Wildman–Crippen LogP) is 0.567. The molecule has 0 fully saturated rings. The molecular formula is C15H19FN3O3+. The van der Waals surface area contributed by atoms with Crippen LogP contribution < -0.4 is 10.2 Å². The molecule has 0 atom stereocenters. The maximum atomic E-state index is 13.5. The van der Waals surface area contributed by atoms with Gasteiger partial charge >= 0.3 is 5.97 Å². The fourth-order valence-electron chi connectivity index (χ4n) is 2.16. The van der Waals surface area contributed by atoms with Crippen LogP contribution in [-0.4, -0.2) is 44.1 Å². The first kappa shape index (κ1) is 16.0. The van der Waals surface area contributed by atoms with E-state index in [1.807, 2.05) is 14.1 Å². The first-order chi connectivity index (χ1) is 10.4. The van der Waals surface area contributed by atoms with Crippen molar-refractivity contribution in [1.82, 2.24) is 4.98 Å². The van der Waals surface area contributed by atoms with E-state index in [1.165, 1.54) is 18.2 Å². The van der Waals surface area contributed by atoms with Gasteiger partial charge in [0.1, 0.15) is 11.5 Å². The average molecular weight is 308 g/mol. The van der Waals surface area contributed by atoms with E-state index in [0.29, 0.717) is 10.9 Å². The van der Waals surface area contributed by atoms with Crippen LogP contribution in [0.1, 0.15) is 17.4 Å². The topological polar surface area (TPSA) is 75.6 Å². The second kappa shape index (κ2) is 6.57. The number of rotatable bonds is 5. The van der Waals surface area contributed by atoms with Gasteiger partial charge < -0.3 is 19.9 Å². The highest BCUT2D eigenvalue weighted by molar-refractivity contribution is 6.11. The van der Waals surface area contributed by atoms with Crippen molar-refractivity contribution in [2.75, 3.05) is 32.6 Å². The molecule has 0 saturated carbocycles. The number of quaternary nitrogens is 1. The first-order valence-electron chi connectivity index (χ1n) is 6.99. The van der Waals surface area contributed by atoms with Crippen molar-refractivity contribution in [1.29, 1.82) is 0 Å². The minimum atomic E-state index is -0.591. The van der Waals surface area contributed by atoms with Gasteiger partial charge in [-0.1, -0.05) is 0 Å². The van der Waals surface area contributed by atoms with Crippen LogP contribution in [0.4, 0.5) is 10.1 Å². The second-order valence-corrected chi connectivity index (χ2v) is 5.22. The van der Waals surface area contributed by atoms with E-state index < -0.39 is 11.8 Å². The van der Waals surface area contributed by atoms with Crippen LogP contribution >= 0.6 is 0 Å². The molecule has 7 heteroatoms. The molecule has 0 radical (unpaired) electrons. The number of benzene rings is 1. The molecule has 0 unspecified atom stereocenters. The third kappa shape index (κ3) is 3.43. The number of ether oxygens (including phenoxy) is 1. The monoisotopic (exact) mass is 308 g/mol. The molecule has 3 N–H and O–H groups in total. The lowest BCUT2D eigenvalue weighted by Gasteiger charge is -2.09. The Morgan fingerprint density at radius 2 is 2.09 bits per heavy atom. The minimum Gasteiger partial charge on any atom is -0.461 e. The Bertz CT molecular complexity index is 709. The van der Waals surface area contributed by atoms with E-state index in [-0.39, 0.29) is 30.4 Å². The Morgan fingerprint density at radius 3 is 2.73 bits per heavy atom. The zero-order valence-electron chi connectivity index (χ0n) is 12.7.